The van der Waals surface area contributed by atoms with Crippen LogP contribution in [0.4, 0.5) is 0 Å². The molecule has 0 aliphatic carbocycles. The lowest BCUT2D eigenvalue weighted by atomic mass is 9.98. The molecule has 0 spiro atoms. The summed E-state index contributed by atoms with van der Waals surface area (Å²) in [5, 5.41) is 7.71. The van der Waals surface area contributed by atoms with Crippen molar-refractivity contribution in [2.45, 2.75) is 45.6 Å². The second-order valence-electron chi connectivity index (χ2n) is 5.39. The number of hydrogen-bond acceptors (Lipinski definition) is 4. The van der Waals surface area contributed by atoms with Crippen LogP contribution in [0, 0.1) is 0 Å². The van der Waals surface area contributed by atoms with Crippen molar-refractivity contribution in [2.75, 3.05) is 7.05 Å². The zero-order valence-corrected chi connectivity index (χ0v) is 13.5. The molecule has 0 aliphatic rings. The summed E-state index contributed by atoms with van der Waals surface area (Å²) in [4.78, 5) is 1.23. The molecule has 108 valence electrons. The Morgan fingerprint density at radius 1 is 1.30 bits per heavy atom. The van der Waals surface area contributed by atoms with Gasteiger partial charge in [0.2, 0.25) is 0 Å². The predicted octanol–water partition coefficient (Wildman–Crippen LogP) is 3.92. The summed E-state index contributed by atoms with van der Waals surface area (Å²) in [5.41, 5.74) is 3.80. The average Bonchev–Trinajstić information content (AvgIpc) is 2.90. The van der Waals surface area contributed by atoms with Crippen LogP contribution in [-0.4, -0.2) is 16.6 Å². The van der Waals surface area contributed by atoms with Gasteiger partial charge in [-0.1, -0.05) is 55.9 Å². The average molecular weight is 289 g/mol. The summed E-state index contributed by atoms with van der Waals surface area (Å²) in [7, 11) is 2.00. The molecule has 0 radical (unpaired) electrons. The highest BCUT2D eigenvalue weighted by Gasteiger charge is 2.21. The van der Waals surface area contributed by atoms with E-state index in [1.165, 1.54) is 34.0 Å². The summed E-state index contributed by atoms with van der Waals surface area (Å²) >= 11 is 1.50. The van der Waals surface area contributed by atoms with Crippen molar-refractivity contribution >= 4 is 11.5 Å². The molecule has 1 N–H and O–H groups in total. The van der Waals surface area contributed by atoms with Gasteiger partial charge in [-0.3, -0.25) is 0 Å². The van der Waals surface area contributed by atoms with Gasteiger partial charge >= 0.3 is 0 Å². The van der Waals surface area contributed by atoms with Crippen molar-refractivity contribution in [3.8, 4) is 0 Å². The lowest BCUT2D eigenvalue weighted by Crippen LogP contribution is -2.18. The van der Waals surface area contributed by atoms with E-state index in [2.05, 4.69) is 59.9 Å². The fourth-order valence-electron chi connectivity index (χ4n) is 2.47. The second-order valence-corrected chi connectivity index (χ2v) is 6.18. The van der Waals surface area contributed by atoms with Crippen LogP contribution in [0.5, 0.6) is 0 Å². The van der Waals surface area contributed by atoms with Gasteiger partial charge in [-0.2, -0.15) is 0 Å². The fourth-order valence-corrected chi connectivity index (χ4v) is 3.42. The molecule has 20 heavy (non-hydrogen) atoms. The van der Waals surface area contributed by atoms with Gasteiger partial charge in [0, 0.05) is 0 Å². The highest BCUT2D eigenvalue weighted by atomic mass is 32.1. The highest BCUT2D eigenvalue weighted by Crippen LogP contribution is 2.31. The van der Waals surface area contributed by atoms with E-state index >= 15 is 0 Å². The Balaban J connectivity index is 2.36. The van der Waals surface area contributed by atoms with E-state index in [9.17, 15) is 0 Å². The molecule has 2 aromatic rings. The Bertz CT molecular complexity index is 548. The molecule has 0 bridgehead atoms. The van der Waals surface area contributed by atoms with E-state index in [1.54, 1.807) is 0 Å². The molecule has 0 aliphatic heterocycles. The molecule has 1 atom stereocenters. The summed E-state index contributed by atoms with van der Waals surface area (Å²) in [6, 6.07) is 9.02. The number of rotatable bonds is 6. The SMILES string of the molecule is CCCc1cccc(C(NC)c2snnc2C(C)C)c1. The lowest BCUT2D eigenvalue weighted by molar-refractivity contribution is 0.677. The number of aromatic nitrogens is 2. The van der Waals surface area contributed by atoms with Gasteiger partial charge in [-0.15, -0.1) is 5.10 Å². The number of nitrogens with one attached hydrogen (secondary N) is 1. The van der Waals surface area contributed by atoms with Crippen LogP contribution in [0.2, 0.25) is 0 Å². The molecule has 1 aromatic heterocycles. The second kappa shape index (κ2) is 6.95. The van der Waals surface area contributed by atoms with Gasteiger partial charge in [0.15, 0.2) is 0 Å². The van der Waals surface area contributed by atoms with E-state index in [1.807, 2.05) is 7.05 Å². The predicted molar refractivity (Wildman–Crippen MR) is 85.3 cm³/mol. The summed E-state index contributed by atoms with van der Waals surface area (Å²) in [6.07, 6.45) is 2.30. The molecule has 0 saturated heterocycles. The number of nitrogens with zero attached hydrogens (tertiary/aromatic N) is 2. The van der Waals surface area contributed by atoms with Gasteiger partial charge in [-0.25, -0.2) is 0 Å². The van der Waals surface area contributed by atoms with Crippen LogP contribution in [0.3, 0.4) is 0 Å². The first kappa shape index (κ1) is 15.1. The minimum atomic E-state index is 0.184. The highest BCUT2D eigenvalue weighted by molar-refractivity contribution is 7.05. The Labute approximate surface area is 125 Å². The summed E-state index contributed by atoms with van der Waals surface area (Å²) < 4.78 is 4.15. The number of aryl methyl sites for hydroxylation is 1. The van der Waals surface area contributed by atoms with Gasteiger partial charge < -0.3 is 5.32 Å². The smallest absolute Gasteiger partial charge is 0.0832 e. The molecule has 1 unspecified atom stereocenters. The molecule has 1 aromatic carbocycles. The van der Waals surface area contributed by atoms with Crippen LogP contribution >= 0.6 is 11.5 Å². The number of benzene rings is 1. The Hall–Kier alpha value is -1.26. The molecule has 0 fully saturated rings. The van der Waals surface area contributed by atoms with Crippen LogP contribution in [0.15, 0.2) is 24.3 Å². The van der Waals surface area contributed by atoms with E-state index in [0.29, 0.717) is 5.92 Å². The minimum Gasteiger partial charge on any atom is -0.309 e. The summed E-state index contributed by atoms with van der Waals surface area (Å²) in [5.74, 6) is 0.401. The first-order valence-electron chi connectivity index (χ1n) is 7.25. The van der Waals surface area contributed by atoms with Crippen LogP contribution in [-0.2, 0) is 6.42 Å². The first-order valence-corrected chi connectivity index (χ1v) is 8.03. The van der Waals surface area contributed by atoms with E-state index in [0.717, 1.165) is 12.1 Å². The van der Waals surface area contributed by atoms with Crippen LogP contribution in [0.1, 0.15) is 60.8 Å². The van der Waals surface area contributed by atoms with Crippen LogP contribution in [0.25, 0.3) is 0 Å². The van der Waals surface area contributed by atoms with Gasteiger partial charge in [0.1, 0.15) is 0 Å². The van der Waals surface area contributed by atoms with E-state index in [4.69, 9.17) is 0 Å². The molecular formula is C16H23N3S. The lowest BCUT2D eigenvalue weighted by Gasteiger charge is -2.17. The Morgan fingerprint density at radius 2 is 2.10 bits per heavy atom. The van der Waals surface area contributed by atoms with E-state index < -0.39 is 0 Å². The Kier molecular flexibility index (Phi) is 5.26. The van der Waals surface area contributed by atoms with E-state index in [-0.39, 0.29) is 6.04 Å². The van der Waals surface area contributed by atoms with Crippen molar-refractivity contribution in [3.63, 3.8) is 0 Å². The maximum absolute atomic E-state index is 4.30. The Morgan fingerprint density at radius 3 is 2.75 bits per heavy atom. The molecule has 3 nitrogen and oxygen atoms in total. The first-order chi connectivity index (χ1) is 9.67. The van der Waals surface area contributed by atoms with Crippen molar-refractivity contribution < 1.29 is 0 Å². The quantitative estimate of drug-likeness (QED) is 0.875. The van der Waals surface area contributed by atoms with Crippen molar-refractivity contribution in [1.29, 1.82) is 0 Å². The van der Waals surface area contributed by atoms with Crippen molar-refractivity contribution in [3.05, 3.63) is 46.0 Å². The normalized spacial score (nSPS) is 12.8. The molecule has 1 heterocycles. The molecule has 2 rings (SSSR count). The van der Waals surface area contributed by atoms with Crippen LogP contribution < -0.4 is 5.32 Å². The third-order valence-electron chi connectivity index (χ3n) is 3.46. The van der Waals surface area contributed by atoms with Gasteiger partial charge in [-0.05, 0) is 42.0 Å². The topological polar surface area (TPSA) is 37.8 Å². The zero-order valence-electron chi connectivity index (χ0n) is 12.7. The maximum Gasteiger partial charge on any atom is 0.0832 e. The minimum absolute atomic E-state index is 0.184. The number of hydrogen-bond donors (Lipinski definition) is 1. The van der Waals surface area contributed by atoms with Crippen molar-refractivity contribution in [1.82, 2.24) is 14.9 Å². The third-order valence-corrected chi connectivity index (χ3v) is 4.27. The standard InChI is InChI=1S/C16H23N3S/c1-5-7-12-8-6-9-13(10-12)15(17-4)16-14(11(2)3)18-19-20-16/h6,8-11,15,17H,5,7H2,1-4H3. The molecular weight excluding hydrogens is 266 g/mol. The molecule has 0 saturated carbocycles. The van der Waals surface area contributed by atoms with Gasteiger partial charge in [0.05, 0.1) is 16.6 Å². The molecule has 4 heteroatoms. The largest absolute Gasteiger partial charge is 0.309 e. The fraction of sp³-hybridized carbons (Fsp3) is 0.500. The third kappa shape index (κ3) is 3.25. The zero-order chi connectivity index (χ0) is 14.5. The summed E-state index contributed by atoms with van der Waals surface area (Å²) in [6.45, 7) is 6.55. The van der Waals surface area contributed by atoms with Gasteiger partial charge in [0.25, 0.3) is 0 Å². The maximum atomic E-state index is 4.30. The monoisotopic (exact) mass is 289 g/mol. The van der Waals surface area contributed by atoms with Crippen molar-refractivity contribution in [2.24, 2.45) is 0 Å². The molecule has 0 amide bonds.